The molecule has 1 saturated heterocycles. The first kappa shape index (κ1) is 15.6. The number of anilines is 2. The van der Waals surface area contributed by atoms with Crippen molar-refractivity contribution < 1.29 is 14.3 Å². The molecule has 1 aliphatic heterocycles. The summed E-state index contributed by atoms with van der Waals surface area (Å²) in [5, 5.41) is 6.17. The summed E-state index contributed by atoms with van der Waals surface area (Å²) in [4.78, 5) is 11.1. The van der Waals surface area contributed by atoms with Crippen molar-refractivity contribution in [1.29, 1.82) is 0 Å². The third kappa shape index (κ3) is 4.63. The van der Waals surface area contributed by atoms with E-state index in [4.69, 9.17) is 4.74 Å². The number of nitrogens with one attached hydrogen (secondary N) is 2. The maximum atomic E-state index is 11.1. The van der Waals surface area contributed by atoms with Crippen LogP contribution < -0.4 is 10.6 Å². The molecule has 0 saturated carbocycles. The van der Waals surface area contributed by atoms with Crippen LogP contribution in [0.2, 0.25) is 0 Å². The van der Waals surface area contributed by atoms with Crippen LogP contribution in [0.15, 0.2) is 24.3 Å². The Bertz CT molecular complexity index is 459. The molecule has 0 aromatic heterocycles. The minimum atomic E-state index is -0.458. The van der Waals surface area contributed by atoms with Gasteiger partial charge in [-0.2, -0.15) is 0 Å². The second kappa shape index (κ2) is 7.31. The van der Waals surface area contributed by atoms with Gasteiger partial charge in [-0.1, -0.05) is 13.8 Å². The molecule has 5 heteroatoms. The predicted molar refractivity (Wildman–Crippen MR) is 83.7 cm³/mol. The Morgan fingerprint density at radius 2 is 1.95 bits per heavy atom. The third-order valence-corrected chi connectivity index (χ3v) is 3.75. The van der Waals surface area contributed by atoms with E-state index in [0.717, 1.165) is 30.8 Å². The van der Waals surface area contributed by atoms with Crippen LogP contribution in [-0.2, 0) is 9.47 Å². The van der Waals surface area contributed by atoms with E-state index in [1.807, 2.05) is 24.3 Å². The first-order chi connectivity index (χ1) is 10.1. The van der Waals surface area contributed by atoms with Gasteiger partial charge in [-0.05, 0) is 43.0 Å². The number of amides is 1. The summed E-state index contributed by atoms with van der Waals surface area (Å²) in [6.45, 7) is 5.20. The Kier molecular flexibility index (Phi) is 5.44. The summed E-state index contributed by atoms with van der Waals surface area (Å²) in [6.07, 6.45) is 1.92. The molecule has 21 heavy (non-hydrogen) atoms. The Morgan fingerprint density at radius 1 is 1.29 bits per heavy atom. The van der Waals surface area contributed by atoms with Crippen molar-refractivity contribution in [2.75, 3.05) is 24.4 Å². The van der Waals surface area contributed by atoms with Crippen molar-refractivity contribution in [3.05, 3.63) is 24.3 Å². The SMILES string of the molecule is COC(=O)Nc1ccc(NC2CCOC(C(C)C)C2)cc1. The Hall–Kier alpha value is -1.75. The summed E-state index contributed by atoms with van der Waals surface area (Å²) in [5.74, 6) is 0.543. The summed E-state index contributed by atoms with van der Waals surface area (Å²) >= 11 is 0. The molecule has 116 valence electrons. The Balaban J connectivity index is 1.89. The zero-order valence-electron chi connectivity index (χ0n) is 12.9. The fourth-order valence-corrected chi connectivity index (χ4v) is 2.48. The first-order valence-corrected chi connectivity index (χ1v) is 7.41. The summed E-state index contributed by atoms with van der Waals surface area (Å²) in [5.41, 5.74) is 1.78. The molecule has 0 radical (unpaired) electrons. The van der Waals surface area contributed by atoms with E-state index in [1.165, 1.54) is 7.11 Å². The molecular formula is C16H24N2O3. The largest absolute Gasteiger partial charge is 0.453 e. The maximum absolute atomic E-state index is 11.1. The van der Waals surface area contributed by atoms with E-state index in [1.54, 1.807) is 0 Å². The van der Waals surface area contributed by atoms with Crippen LogP contribution in [0.1, 0.15) is 26.7 Å². The van der Waals surface area contributed by atoms with Crippen LogP contribution in [0.3, 0.4) is 0 Å². The highest BCUT2D eigenvalue weighted by atomic mass is 16.5. The molecule has 0 aliphatic carbocycles. The number of hydrogen-bond acceptors (Lipinski definition) is 4. The van der Waals surface area contributed by atoms with Crippen molar-refractivity contribution >= 4 is 17.5 Å². The average molecular weight is 292 g/mol. The number of carbonyl (C=O) groups is 1. The van der Waals surface area contributed by atoms with Gasteiger partial charge < -0.3 is 14.8 Å². The van der Waals surface area contributed by atoms with Gasteiger partial charge in [0.2, 0.25) is 0 Å². The van der Waals surface area contributed by atoms with Gasteiger partial charge >= 0.3 is 6.09 Å². The van der Waals surface area contributed by atoms with E-state index in [2.05, 4.69) is 29.2 Å². The van der Waals surface area contributed by atoms with Gasteiger partial charge in [-0.3, -0.25) is 5.32 Å². The van der Waals surface area contributed by atoms with Crippen LogP contribution in [0.25, 0.3) is 0 Å². The molecule has 1 amide bonds. The summed E-state index contributed by atoms with van der Waals surface area (Å²) < 4.78 is 10.3. The lowest BCUT2D eigenvalue weighted by Gasteiger charge is -2.33. The van der Waals surface area contributed by atoms with Crippen molar-refractivity contribution in [2.24, 2.45) is 5.92 Å². The molecule has 0 bridgehead atoms. The fraction of sp³-hybridized carbons (Fsp3) is 0.562. The van der Waals surface area contributed by atoms with Gasteiger partial charge in [-0.15, -0.1) is 0 Å². The molecule has 0 spiro atoms. The summed E-state index contributed by atoms with van der Waals surface area (Å²) in [7, 11) is 1.35. The normalized spacial score (nSPS) is 21.9. The lowest BCUT2D eigenvalue weighted by molar-refractivity contribution is -0.0160. The lowest BCUT2D eigenvalue weighted by atomic mass is 9.95. The van der Waals surface area contributed by atoms with E-state index in [0.29, 0.717) is 18.1 Å². The topological polar surface area (TPSA) is 59.6 Å². The number of ether oxygens (including phenoxy) is 2. The van der Waals surface area contributed by atoms with Gasteiger partial charge in [0.15, 0.2) is 0 Å². The van der Waals surface area contributed by atoms with Crippen molar-refractivity contribution in [3.63, 3.8) is 0 Å². The van der Waals surface area contributed by atoms with Crippen molar-refractivity contribution in [3.8, 4) is 0 Å². The van der Waals surface area contributed by atoms with Gasteiger partial charge in [0.05, 0.1) is 13.2 Å². The predicted octanol–water partition coefficient (Wildman–Crippen LogP) is 3.48. The molecular weight excluding hydrogens is 268 g/mol. The molecule has 2 unspecified atom stereocenters. The van der Waals surface area contributed by atoms with Gasteiger partial charge in [0.25, 0.3) is 0 Å². The van der Waals surface area contributed by atoms with Gasteiger partial charge in [-0.25, -0.2) is 4.79 Å². The molecule has 1 aromatic rings. The Morgan fingerprint density at radius 3 is 2.57 bits per heavy atom. The highest BCUT2D eigenvalue weighted by molar-refractivity contribution is 5.84. The summed E-state index contributed by atoms with van der Waals surface area (Å²) in [6, 6.07) is 8.08. The number of methoxy groups -OCH3 is 1. The Labute approximate surface area is 126 Å². The highest BCUT2D eigenvalue weighted by Gasteiger charge is 2.24. The average Bonchev–Trinajstić information content (AvgIpc) is 2.49. The number of carbonyl (C=O) groups excluding carboxylic acids is 1. The van der Waals surface area contributed by atoms with Gasteiger partial charge in [0, 0.05) is 24.0 Å². The number of rotatable bonds is 4. The highest BCUT2D eigenvalue weighted by Crippen LogP contribution is 2.23. The lowest BCUT2D eigenvalue weighted by Crippen LogP contribution is -2.36. The quantitative estimate of drug-likeness (QED) is 0.892. The van der Waals surface area contributed by atoms with E-state index in [-0.39, 0.29) is 0 Å². The molecule has 1 aliphatic rings. The molecule has 1 heterocycles. The van der Waals surface area contributed by atoms with Crippen molar-refractivity contribution in [1.82, 2.24) is 0 Å². The fourth-order valence-electron chi connectivity index (χ4n) is 2.48. The zero-order chi connectivity index (χ0) is 15.2. The van der Waals surface area contributed by atoms with Crippen LogP contribution in [0, 0.1) is 5.92 Å². The molecule has 2 rings (SSSR count). The number of hydrogen-bond donors (Lipinski definition) is 2. The van der Waals surface area contributed by atoms with Crippen molar-refractivity contribution in [2.45, 2.75) is 38.8 Å². The molecule has 5 nitrogen and oxygen atoms in total. The second-order valence-electron chi connectivity index (χ2n) is 5.71. The maximum Gasteiger partial charge on any atom is 0.411 e. The van der Waals surface area contributed by atoms with Crippen LogP contribution >= 0.6 is 0 Å². The molecule has 2 N–H and O–H groups in total. The molecule has 2 atom stereocenters. The second-order valence-corrected chi connectivity index (χ2v) is 5.71. The smallest absolute Gasteiger partial charge is 0.411 e. The van der Waals surface area contributed by atoms with Gasteiger partial charge in [0.1, 0.15) is 0 Å². The standard InChI is InChI=1S/C16H24N2O3/c1-11(2)15-10-14(8-9-21-15)17-12-4-6-13(7-5-12)18-16(19)20-3/h4-7,11,14-15,17H,8-10H2,1-3H3,(H,18,19). The van der Waals surface area contributed by atoms with E-state index >= 15 is 0 Å². The third-order valence-electron chi connectivity index (χ3n) is 3.75. The molecule has 1 fully saturated rings. The minimum absolute atomic E-state index is 0.330. The van der Waals surface area contributed by atoms with Crippen LogP contribution in [-0.4, -0.2) is 32.0 Å². The monoisotopic (exact) mass is 292 g/mol. The zero-order valence-corrected chi connectivity index (χ0v) is 12.9. The number of benzene rings is 1. The van der Waals surface area contributed by atoms with Crippen LogP contribution in [0.4, 0.5) is 16.2 Å². The van der Waals surface area contributed by atoms with E-state index in [9.17, 15) is 4.79 Å². The first-order valence-electron chi connectivity index (χ1n) is 7.41. The van der Waals surface area contributed by atoms with E-state index < -0.39 is 6.09 Å². The van der Waals surface area contributed by atoms with Crippen LogP contribution in [0.5, 0.6) is 0 Å². The molecule has 1 aromatic carbocycles. The minimum Gasteiger partial charge on any atom is -0.453 e.